The van der Waals surface area contributed by atoms with E-state index in [1.807, 2.05) is 4.68 Å². The van der Waals surface area contributed by atoms with Crippen LogP contribution < -0.4 is 10.6 Å². The van der Waals surface area contributed by atoms with E-state index in [-0.39, 0.29) is 30.1 Å². The van der Waals surface area contributed by atoms with Gasteiger partial charge in [-0.3, -0.25) is 0 Å². The Labute approximate surface area is 144 Å². The minimum Gasteiger partial charge on any atom is -0.396 e. The Morgan fingerprint density at radius 1 is 1.42 bits per heavy atom. The van der Waals surface area contributed by atoms with Crippen LogP contribution in [0, 0.1) is 5.41 Å². The van der Waals surface area contributed by atoms with E-state index in [4.69, 9.17) is 0 Å². The van der Waals surface area contributed by atoms with Gasteiger partial charge in [0, 0.05) is 25.0 Å². The largest absolute Gasteiger partial charge is 0.396 e. The van der Waals surface area contributed by atoms with Crippen molar-refractivity contribution in [3.05, 3.63) is 11.6 Å². The van der Waals surface area contributed by atoms with E-state index in [1.54, 1.807) is 0 Å². The highest BCUT2D eigenvalue weighted by Gasteiger charge is 2.28. The Morgan fingerprint density at radius 3 is 2.71 bits per heavy atom. The number of urea groups is 1. The molecule has 0 fully saturated rings. The minimum absolute atomic E-state index is 0.0500. The summed E-state index contributed by atoms with van der Waals surface area (Å²) in [5.41, 5.74) is -0.0993. The van der Waals surface area contributed by atoms with E-state index in [0.717, 1.165) is 24.5 Å². The number of rotatable bonds is 5. The van der Waals surface area contributed by atoms with Gasteiger partial charge in [0.25, 0.3) is 0 Å². The smallest absolute Gasteiger partial charge is 0.315 e. The number of hydrogen-bond donors (Lipinski definition) is 3. The van der Waals surface area contributed by atoms with Crippen LogP contribution in [-0.4, -0.2) is 44.6 Å². The van der Waals surface area contributed by atoms with Crippen LogP contribution in [0.1, 0.15) is 65.0 Å². The van der Waals surface area contributed by atoms with Gasteiger partial charge in [-0.15, -0.1) is 0 Å². The molecule has 0 aliphatic carbocycles. The number of aryl methyl sites for hydroxylation is 1. The van der Waals surface area contributed by atoms with Crippen molar-refractivity contribution in [1.29, 1.82) is 0 Å². The molecule has 1 aliphatic rings. The second-order valence-corrected chi connectivity index (χ2v) is 8.01. The maximum atomic E-state index is 12.3. The molecule has 2 heterocycles. The fourth-order valence-electron chi connectivity index (χ4n) is 2.93. The quantitative estimate of drug-likeness (QED) is 0.764. The van der Waals surface area contributed by atoms with Crippen LogP contribution in [0.4, 0.5) is 4.79 Å². The number of aliphatic hydroxyl groups excluding tert-OH is 1. The fourth-order valence-corrected chi connectivity index (χ4v) is 2.93. The minimum atomic E-state index is -0.180. The molecule has 2 rings (SSSR count). The van der Waals surface area contributed by atoms with Crippen LogP contribution in [0.15, 0.2) is 0 Å². The summed E-state index contributed by atoms with van der Waals surface area (Å²) in [6.45, 7) is 11.1. The van der Waals surface area contributed by atoms with Crippen LogP contribution in [0.5, 0.6) is 0 Å². The van der Waals surface area contributed by atoms with Crippen LogP contribution in [0.25, 0.3) is 0 Å². The van der Waals surface area contributed by atoms with Gasteiger partial charge in [0.15, 0.2) is 5.82 Å². The first-order chi connectivity index (χ1) is 11.2. The van der Waals surface area contributed by atoms with Crippen LogP contribution in [0.2, 0.25) is 0 Å². The Hall–Kier alpha value is -1.63. The zero-order valence-electron chi connectivity index (χ0n) is 15.5. The molecule has 0 bridgehead atoms. The molecule has 1 aromatic heterocycles. The number of nitrogens with zero attached hydrogens (tertiary/aromatic N) is 3. The van der Waals surface area contributed by atoms with E-state index in [9.17, 15) is 9.90 Å². The molecule has 0 aromatic carbocycles. The number of aliphatic hydroxyl groups is 1. The first kappa shape index (κ1) is 18.7. The molecule has 24 heavy (non-hydrogen) atoms. The molecular weight excluding hydrogens is 306 g/mol. The van der Waals surface area contributed by atoms with Gasteiger partial charge in [-0.1, -0.05) is 34.6 Å². The van der Waals surface area contributed by atoms with Gasteiger partial charge >= 0.3 is 6.03 Å². The summed E-state index contributed by atoms with van der Waals surface area (Å²) in [7, 11) is 0. The Bertz CT molecular complexity index is 562. The van der Waals surface area contributed by atoms with Crippen molar-refractivity contribution < 1.29 is 9.90 Å². The molecule has 0 saturated carbocycles. The normalized spacial score (nSPS) is 19.0. The lowest BCUT2D eigenvalue weighted by Crippen LogP contribution is -2.52. The molecule has 0 unspecified atom stereocenters. The van der Waals surface area contributed by atoms with Crippen molar-refractivity contribution in [1.82, 2.24) is 25.4 Å². The van der Waals surface area contributed by atoms with Gasteiger partial charge in [-0.2, -0.15) is 5.10 Å². The second kappa shape index (κ2) is 7.51. The molecule has 2 amide bonds. The Morgan fingerprint density at radius 2 is 2.12 bits per heavy atom. The molecule has 0 saturated heterocycles. The average Bonchev–Trinajstić information content (AvgIpc) is 2.89. The maximum Gasteiger partial charge on any atom is 0.315 e. The number of carbonyl (C=O) groups excluding carboxylic acids is 1. The van der Waals surface area contributed by atoms with Crippen LogP contribution in [0.3, 0.4) is 0 Å². The molecule has 0 spiro atoms. The van der Waals surface area contributed by atoms with E-state index in [0.29, 0.717) is 18.9 Å². The first-order valence-electron chi connectivity index (χ1n) is 8.82. The van der Waals surface area contributed by atoms with E-state index >= 15 is 0 Å². The van der Waals surface area contributed by atoms with Gasteiger partial charge in [-0.25, -0.2) is 14.5 Å². The topological polar surface area (TPSA) is 92.1 Å². The van der Waals surface area contributed by atoms with Gasteiger partial charge in [0.1, 0.15) is 5.82 Å². The SMILES string of the molecule is CC(C)c1nc2n(n1)C[C@@H](NC(=O)N[C@@H](CCO)C(C)(C)C)CC2. The molecule has 136 valence electrons. The van der Waals surface area contributed by atoms with Crippen molar-refractivity contribution in [2.75, 3.05) is 6.61 Å². The number of fused-ring (bicyclic) bond motifs is 1. The molecule has 7 nitrogen and oxygen atoms in total. The lowest BCUT2D eigenvalue weighted by atomic mass is 9.85. The molecular formula is C17H31N5O2. The first-order valence-corrected chi connectivity index (χ1v) is 8.82. The number of amides is 2. The van der Waals surface area contributed by atoms with Gasteiger partial charge in [0.2, 0.25) is 0 Å². The van der Waals surface area contributed by atoms with Gasteiger partial charge < -0.3 is 15.7 Å². The predicted octanol–water partition coefficient (Wildman–Crippen LogP) is 1.81. The molecule has 7 heteroatoms. The summed E-state index contributed by atoms with van der Waals surface area (Å²) < 4.78 is 1.92. The molecule has 1 aliphatic heterocycles. The number of aromatic nitrogens is 3. The van der Waals surface area contributed by atoms with Crippen LogP contribution >= 0.6 is 0 Å². The summed E-state index contributed by atoms with van der Waals surface area (Å²) in [5.74, 6) is 2.18. The summed E-state index contributed by atoms with van der Waals surface area (Å²) in [5, 5.41) is 19.8. The van der Waals surface area contributed by atoms with Crippen molar-refractivity contribution in [3.8, 4) is 0 Å². The second-order valence-electron chi connectivity index (χ2n) is 8.01. The third-order valence-electron chi connectivity index (χ3n) is 4.49. The van der Waals surface area contributed by atoms with Gasteiger partial charge in [0.05, 0.1) is 12.6 Å². The lowest BCUT2D eigenvalue weighted by molar-refractivity contribution is 0.185. The fraction of sp³-hybridized carbons (Fsp3) is 0.824. The highest BCUT2D eigenvalue weighted by molar-refractivity contribution is 5.74. The zero-order valence-corrected chi connectivity index (χ0v) is 15.5. The van der Waals surface area contributed by atoms with Crippen molar-refractivity contribution in [2.24, 2.45) is 5.41 Å². The maximum absolute atomic E-state index is 12.3. The average molecular weight is 337 g/mol. The summed E-state index contributed by atoms with van der Waals surface area (Å²) in [4.78, 5) is 16.9. The zero-order chi connectivity index (χ0) is 17.9. The Balaban J connectivity index is 1.93. The molecule has 2 atom stereocenters. The summed E-state index contributed by atoms with van der Waals surface area (Å²) >= 11 is 0. The number of hydrogen-bond acceptors (Lipinski definition) is 4. The molecule has 0 radical (unpaired) electrons. The number of carbonyl (C=O) groups is 1. The van der Waals surface area contributed by atoms with E-state index < -0.39 is 0 Å². The summed E-state index contributed by atoms with van der Waals surface area (Å²) in [6, 6.07) is -0.199. The highest BCUT2D eigenvalue weighted by Crippen LogP contribution is 2.22. The monoisotopic (exact) mass is 337 g/mol. The van der Waals surface area contributed by atoms with E-state index in [1.165, 1.54) is 0 Å². The molecule has 1 aromatic rings. The van der Waals surface area contributed by atoms with Crippen LogP contribution in [-0.2, 0) is 13.0 Å². The highest BCUT2D eigenvalue weighted by atomic mass is 16.3. The van der Waals surface area contributed by atoms with E-state index in [2.05, 4.69) is 55.3 Å². The Kier molecular flexibility index (Phi) is 5.85. The number of nitrogens with one attached hydrogen (secondary N) is 2. The third kappa shape index (κ3) is 4.69. The third-order valence-corrected chi connectivity index (χ3v) is 4.49. The van der Waals surface area contributed by atoms with Crippen molar-refractivity contribution in [2.45, 2.75) is 78.4 Å². The van der Waals surface area contributed by atoms with Gasteiger partial charge in [-0.05, 0) is 18.3 Å². The van der Waals surface area contributed by atoms with Crippen molar-refractivity contribution in [3.63, 3.8) is 0 Å². The van der Waals surface area contributed by atoms with Crippen molar-refractivity contribution >= 4 is 6.03 Å². The lowest BCUT2D eigenvalue weighted by Gasteiger charge is -2.32. The predicted molar refractivity (Wildman–Crippen MR) is 92.8 cm³/mol. The molecule has 3 N–H and O–H groups in total. The summed E-state index contributed by atoms with van der Waals surface area (Å²) in [6.07, 6.45) is 2.24. The standard InChI is InChI=1S/C17H31N5O2/c1-11(2)15-20-14-7-6-12(10-22(14)21-15)18-16(24)19-13(8-9-23)17(3,4)5/h11-13,23H,6-10H2,1-5H3,(H2,18,19,24)/t12-,13-/m0/s1.